The van der Waals surface area contributed by atoms with Crippen LogP contribution in [0.25, 0.3) is 0 Å². The van der Waals surface area contributed by atoms with Crippen LogP contribution in [0.1, 0.15) is 13.8 Å². The first kappa shape index (κ1) is 8.08. The maximum atomic E-state index is 2.97. The van der Waals surface area contributed by atoms with Crippen LogP contribution >= 0.6 is 17.6 Å². The molecule has 0 aromatic carbocycles. The summed E-state index contributed by atoms with van der Waals surface area (Å²) in [6, 6.07) is 2.72. The van der Waals surface area contributed by atoms with Crippen LogP contribution < -0.4 is 0 Å². The Morgan fingerprint density at radius 1 is 1.14 bits per heavy atom. The zero-order chi connectivity index (χ0) is 5.91. The van der Waals surface area contributed by atoms with Crippen LogP contribution in [0.5, 0.6) is 0 Å². The van der Waals surface area contributed by atoms with Crippen LogP contribution in [0.2, 0.25) is 12.1 Å². The molecular formula is C4H14P2Si. The minimum absolute atomic E-state index is 0.818. The molecule has 0 aliphatic carbocycles. The largest absolute Gasteiger partial charge is 0.144 e. The SMILES string of the molecule is CC[Si](P)(P)CC. The molecule has 0 aromatic heterocycles. The summed E-state index contributed by atoms with van der Waals surface area (Å²) in [5.41, 5.74) is 0. The van der Waals surface area contributed by atoms with E-state index in [4.69, 9.17) is 0 Å². The van der Waals surface area contributed by atoms with Gasteiger partial charge in [-0.05, 0) is 0 Å². The lowest BCUT2D eigenvalue weighted by Gasteiger charge is -2.14. The van der Waals surface area contributed by atoms with Crippen molar-refractivity contribution in [2.45, 2.75) is 25.9 Å². The van der Waals surface area contributed by atoms with Crippen molar-refractivity contribution >= 4 is 25.0 Å². The van der Waals surface area contributed by atoms with Gasteiger partial charge in [0.05, 0.1) is 7.41 Å². The van der Waals surface area contributed by atoms with Crippen LogP contribution in [0.4, 0.5) is 0 Å². The minimum atomic E-state index is -0.818. The fourth-order valence-corrected chi connectivity index (χ4v) is 0.750. The summed E-state index contributed by atoms with van der Waals surface area (Å²) < 4.78 is 0. The van der Waals surface area contributed by atoms with Crippen LogP contribution in [0.3, 0.4) is 0 Å². The van der Waals surface area contributed by atoms with Gasteiger partial charge >= 0.3 is 0 Å². The molecule has 0 N–H and O–H groups in total. The zero-order valence-electron chi connectivity index (χ0n) is 5.07. The Balaban J connectivity index is 3.36. The fraction of sp³-hybridized carbons (Fsp3) is 1.00. The summed E-state index contributed by atoms with van der Waals surface area (Å²) in [5, 5.41) is 0. The van der Waals surface area contributed by atoms with Gasteiger partial charge in [-0.2, -0.15) is 0 Å². The van der Waals surface area contributed by atoms with Gasteiger partial charge < -0.3 is 0 Å². The molecule has 0 aliphatic rings. The summed E-state index contributed by atoms with van der Waals surface area (Å²) >= 11 is 0. The molecule has 0 fully saturated rings. The summed E-state index contributed by atoms with van der Waals surface area (Å²) in [6.07, 6.45) is 0. The maximum Gasteiger partial charge on any atom is 0.0946 e. The highest BCUT2D eigenvalue weighted by atomic mass is 31.6. The first-order valence-corrected chi connectivity index (χ1v) is 8.73. The van der Waals surface area contributed by atoms with Crippen LogP contribution in [-0.2, 0) is 0 Å². The fourth-order valence-electron chi connectivity index (χ4n) is 0.250. The van der Waals surface area contributed by atoms with Crippen LogP contribution in [0.15, 0.2) is 0 Å². The van der Waals surface area contributed by atoms with E-state index in [-0.39, 0.29) is 0 Å². The molecule has 0 rings (SSSR count). The quantitative estimate of drug-likeness (QED) is 0.420. The monoisotopic (exact) mass is 152 g/mol. The van der Waals surface area contributed by atoms with E-state index in [2.05, 4.69) is 31.4 Å². The Morgan fingerprint density at radius 2 is 1.43 bits per heavy atom. The predicted octanol–water partition coefficient (Wildman–Crippen LogP) is 2.22. The molecule has 0 bridgehead atoms. The molecule has 7 heavy (non-hydrogen) atoms. The Morgan fingerprint density at radius 3 is 1.43 bits per heavy atom. The molecule has 2 unspecified atom stereocenters. The van der Waals surface area contributed by atoms with E-state index in [1.165, 1.54) is 12.1 Å². The molecule has 0 aromatic rings. The van der Waals surface area contributed by atoms with Crippen molar-refractivity contribution in [1.82, 2.24) is 0 Å². The zero-order valence-corrected chi connectivity index (χ0v) is 8.38. The van der Waals surface area contributed by atoms with Gasteiger partial charge in [0.15, 0.2) is 0 Å². The van der Waals surface area contributed by atoms with Gasteiger partial charge in [-0.1, -0.05) is 25.9 Å². The molecule has 0 spiro atoms. The topological polar surface area (TPSA) is 0 Å². The van der Waals surface area contributed by atoms with Crippen LogP contribution in [-0.4, -0.2) is 7.41 Å². The van der Waals surface area contributed by atoms with Crippen molar-refractivity contribution in [2.24, 2.45) is 0 Å². The third-order valence-electron chi connectivity index (χ3n) is 1.32. The van der Waals surface area contributed by atoms with Crippen molar-refractivity contribution in [3.05, 3.63) is 0 Å². The number of hydrogen-bond acceptors (Lipinski definition) is 0. The second-order valence-corrected chi connectivity index (χ2v) is 14.7. The summed E-state index contributed by atoms with van der Waals surface area (Å²) in [6.45, 7) is 4.52. The van der Waals surface area contributed by atoms with Crippen molar-refractivity contribution < 1.29 is 0 Å². The highest BCUT2D eigenvalue weighted by molar-refractivity contribution is 8.00. The van der Waals surface area contributed by atoms with E-state index in [1.807, 2.05) is 0 Å². The lowest BCUT2D eigenvalue weighted by atomic mass is 11.0. The Bertz CT molecular complexity index is 47.7. The molecule has 0 heterocycles. The Kier molecular flexibility index (Phi) is 3.66. The minimum Gasteiger partial charge on any atom is -0.144 e. The van der Waals surface area contributed by atoms with E-state index >= 15 is 0 Å². The molecule has 0 aliphatic heterocycles. The molecular weight excluding hydrogens is 138 g/mol. The van der Waals surface area contributed by atoms with Crippen molar-refractivity contribution in [1.29, 1.82) is 0 Å². The third-order valence-corrected chi connectivity index (χ3v) is 8.85. The normalized spacial score (nSPS) is 12.0. The standard InChI is InChI=1S/C4H14P2Si/c1-3-7(5,6)4-2/h3-6H2,1-2H3. The van der Waals surface area contributed by atoms with E-state index in [0.29, 0.717) is 0 Å². The molecule has 3 heteroatoms. The first-order chi connectivity index (χ1) is 3.12. The van der Waals surface area contributed by atoms with Crippen molar-refractivity contribution in [2.75, 3.05) is 0 Å². The molecule has 0 saturated carbocycles. The third kappa shape index (κ3) is 3.64. The van der Waals surface area contributed by atoms with Gasteiger partial charge in [0.25, 0.3) is 0 Å². The van der Waals surface area contributed by atoms with Gasteiger partial charge in [0, 0.05) is 0 Å². The molecule has 2 atom stereocenters. The molecule has 0 saturated heterocycles. The van der Waals surface area contributed by atoms with Gasteiger partial charge in [-0.25, -0.2) is 0 Å². The van der Waals surface area contributed by atoms with E-state index in [1.54, 1.807) is 0 Å². The maximum absolute atomic E-state index is 2.97. The average molecular weight is 152 g/mol. The predicted molar refractivity (Wildman–Crippen MR) is 46.1 cm³/mol. The summed E-state index contributed by atoms with van der Waals surface area (Å²) in [4.78, 5) is 0. The van der Waals surface area contributed by atoms with Gasteiger partial charge in [-0.15, -0.1) is 17.6 Å². The van der Waals surface area contributed by atoms with E-state index in [0.717, 1.165) is 0 Å². The van der Waals surface area contributed by atoms with Crippen molar-refractivity contribution in [3.8, 4) is 0 Å². The lowest BCUT2D eigenvalue weighted by molar-refractivity contribution is 1.34. The number of rotatable bonds is 2. The highest BCUT2D eigenvalue weighted by Crippen LogP contribution is 2.28. The second kappa shape index (κ2) is 3.17. The molecule has 0 amide bonds. The number of hydrogen-bond donors (Lipinski definition) is 0. The Hall–Kier alpha value is 1.08. The second-order valence-electron chi connectivity index (χ2n) is 1.94. The van der Waals surface area contributed by atoms with E-state index in [9.17, 15) is 0 Å². The average Bonchev–Trinajstić information content (AvgIpc) is 1.68. The molecule has 44 valence electrons. The van der Waals surface area contributed by atoms with Crippen LogP contribution in [0, 0.1) is 0 Å². The highest BCUT2D eigenvalue weighted by Gasteiger charge is 2.13. The Labute approximate surface area is 51.6 Å². The van der Waals surface area contributed by atoms with Gasteiger partial charge in [-0.3, -0.25) is 0 Å². The van der Waals surface area contributed by atoms with Crippen molar-refractivity contribution in [3.63, 3.8) is 0 Å². The van der Waals surface area contributed by atoms with E-state index < -0.39 is 7.41 Å². The first-order valence-electron chi connectivity index (χ1n) is 2.70. The summed E-state index contributed by atoms with van der Waals surface area (Å²) in [7, 11) is 5.12. The molecule has 0 nitrogen and oxygen atoms in total. The lowest BCUT2D eigenvalue weighted by Crippen LogP contribution is -2.11. The van der Waals surface area contributed by atoms with Gasteiger partial charge in [0.1, 0.15) is 0 Å². The smallest absolute Gasteiger partial charge is 0.0946 e. The molecule has 0 radical (unpaired) electrons. The summed E-state index contributed by atoms with van der Waals surface area (Å²) in [5.74, 6) is 0. The van der Waals surface area contributed by atoms with Gasteiger partial charge in [0.2, 0.25) is 0 Å².